The van der Waals surface area contributed by atoms with Crippen LogP contribution in [-0.4, -0.2) is 52.2 Å². The van der Waals surface area contributed by atoms with Gasteiger partial charge in [-0.15, -0.1) is 0 Å². The van der Waals surface area contributed by atoms with Gasteiger partial charge in [-0.25, -0.2) is 12.7 Å². The number of amides is 1. The van der Waals surface area contributed by atoms with Crippen molar-refractivity contribution in [2.45, 2.75) is 13.0 Å². The Morgan fingerprint density at radius 3 is 2.14 bits per heavy atom. The van der Waals surface area contributed by atoms with Crippen LogP contribution in [0, 0.1) is 0 Å². The van der Waals surface area contributed by atoms with Crippen molar-refractivity contribution in [3.05, 3.63) is 59.7 Å². The van der Waals surface area contributed by atoms with Gasteiger partial charge in [-0.3, -0.25) is 4.79 Å². The number of benzene rings is 2. The van der Waals surface area contributed by atoms with E-state index in [4.69, 9.17) is 9.47 Å². The first-order valence-corrected chi connectivity index (χ1v) is 10.7. The van der Waals surface area contributed by atoms with E-state index in [0.29, 0.717) is 12.3 Å². The third-order valence-corrected chi connectivity index (χ3v) is 5.42. The minimum absolute atomic E-state index is 0.0782. The van der Waals surface area contributed by atoms with Crippen molar-refractivity contribution < 1.29 is 22.7 Å². The lowest BCUT2D eigenvalue weighted by molar-refractivity contribution is -0.123. The van der Waals surface area contributed by atoms with Crippen molar-refractivity contribution in [3.8, 4) is 11.5 Å². The number of hydrogen-bond donors (Lipinski definition) is 1. The van der Waals surface area contributed by atoms with Crippen molar-refractivity contribution >= 4 is 15.9 Å². The summed E-state index contributed by atoms with van der Waals surface area (Å²) >= 11 is 0. The summed E-state index contributed by atoms with van der Waals surface area (Å²) < 4.78 is 34.7. The predicted molar refractivity (Wildman–Crippen MR) is 108 cm³/mol. The largest absolute Gasteiger partial charge is 0.497 e. The summed E-state index contributed by atoms with van der Waals surface area (Å²) in [6.07, 6.45) is 1.88. The van der Waals surface area contributed by atoms with E-state index in [2.05, 4.69) is 5.32 Å². The molecule has 0 spiro atoms. The van der Waals surface area contributed by atoms with Crippen molar-refractivity contribution in [3.63, 3.8) is 0 Å². The van der Waals surface area contributed by atoms with E-state index in [1.807, 2.05) is 24.3 Å². The van der Waals surface area contributed by atoms with E-state index in [1.54, 1.807) is 31.4 Å². The summed E-state index contributed by atoms with van der Waals surface area (Å²) in [5.74, 6) is 1.15. The summed E-state index contributed by atoms with van der Waals surface area (Å²) in [6, 6.07) is 14.7. The molecule has 0 unspecified atom stereocenters. The molecule has 7 nitrogen and oxygen atoms in total. The Kier molecular flexibility index (Phi) is 7.83. The van der Waals surface area contributed by atoms with Gasteiger partial charge in [0.15, 0.2) is 6.61 Å². The third-order valence-electron chi connectivity index (χ3n) is 4.16. The topological polar surface area (TPSA) is 84.9 Å². The molecule has 0 aliphatic rings. The molecule has 1 N–H and O–H groups in total. The number of ether oxygens (including phenoxy) is 2. The van der Waals surface area contributed by atoms with Gasteiger partial charge in [0.1, 0.15) is 11.5 Å². The molecule has 28 heavy (non-hydrogen) atoms. The summed E-state index contributed by atoms with van der Waals surface area (Å²) in [5.41, 5.74) is 1.95. The number of hydrogen-bond acceptors (Lipinski definition) is 5. The molecule has 0 radical (unpaired) electrons. The highest BCUT2D eigenvalue weighted by Crippen LogP contribution is 2.14. The number of nitrogens with zero attached hydrogens (tertiary/aromatic N) is 1. The highest BCUT2D eigenvalue weighted by atomic mass is 32.2. The Morgan fingerprint density at radius 1 is 1.00 bits per heavy atom. The van der Waals surface area contributed by atoms with E-state index in [9.17, 15) is 13.2 Å². The van der Waals surface area contributed by atoms with Crippen LogP contribution in [0.2, 0.25) is 0 Å². The van der Waals surface area contributed by atoms with Crippen molar-refractivity contribution in [2.24, 2.45) is 0 Å². The number of rotatable bonds is 10. The van der Waals surface area contributed by atoms with Crippen LogP contribution < -0.4 is 14.8 Å². The van der Waals surface area contributed by atoms with Gasteiger partial charge in [-0.1, -0.05) is 24.3 Å². The fourth-order valence-electron chi connectivity index (χ4n) is 2.40. The van der Waals surface area contributed by atoms with Gasteiger partial charge >= 0.3 is 0 Å². The average Bonchev–Trinajstić information content (AvgIpc) is 2.67. The lowest BCUT2D eigenvalue weighted by Gasteiger charge is -2.14. The first-order valence-electron chi connectivity index (χ1n) is 8.80. The van der Waals surface area contributed by atoms with Crippen LogP contribution >= 0.6 is 0 Å². The summed E-state index contributed by atoms with van der Waals surface area (Å²) in [6.45, 7) is 0.724. The summed E-state index contributed by atoms with van der Waals surface area (Å²) in [5, 5.41) is 2.82. The fraction of sp³-hybridized carbons (Fsp3) is 0.350. The normalized spacial score (nSPS) is 11.3. The van der Waals surface area contributed by atoms with Gasteiger partial charge in [0.05, 0.1) is 13.4 Å². The fourth-order valence-corrected chi connectivity index (χ4v) is 2.79. The van der Waals surface area contributed by atoms with Gasteiger partial charge in [0, 0.05) is 20.1 Å². The molecule has 0 heterocycles. The van der Waals surface area contributed by atoms with Gasteiger partial charge in [0.2, 0.25) is 10.0 Å². The molecular weight excluding hydrogens is 380 g/mol. The second-order valence-corrected chi connectivity index (χ2v) is 8.49. The van der Waals surface area contributed by atoms with E-state index < -0.39 is 10.0 Å². The van der Waals surface area contributed by atoms with Crippen LogP contribution in [0.5, 0.6) is 11.5 Å². The third kappa shape index (κ3) is 7.21. The molecular formula is C20H26N2O5S. The smallest absolute Gasteiger partial charge is 0.257 e. The van der Waals surface area contributed by atoms with Gasteiger partial charge in [-0.2, -0.15) is 0 Å². The SMILES string of the molecule is COc1ccc(CCNC(=O)COc2ccc(CN(C)S(C)(=O)=O)cc2)cc1. The first-order chi connectivity index (χ1) is 13.3. The lowest BCUT2D eigenvalue weighted by Crippen LogP contribution is -2.30. The highest BCUT2D eigenvalue weighted by Gasteiger charge is 2.11. The molecule has 0 saturated heterocycles. The Balaban J connectivity index is 1.71. The molecule has 0 bridgehead atoms. The number of methoxy groups -OCH3 is 1. The lowest BCUT2D eigenvalue weighted by atomic mass is 10.1. The molecule has 0 saturated carbocycles. The molecule has 2 aromatic carbocycles. The first kappa shape index (κ1) is 21.7. The molecule has 152 valence electrons. The molecule has 1 amide bonds. The molecule has 2 rings (SSSR count). The minimum atomic E-state index is -3.22. The van der Waals surface area contributed by atoms with Crippen LogP contribution in [0.25, 0.3) is 0 Å². The number of sulfonamides is 1. The molecule has 0 atom stereocenters. The monoisotopic (exact) mass is 406 g/mol. The quantitative estimate of drug-likeness (QED) is 0.651. The zero-order chi connectivity index (χ0) is 20.6. The van der Waals surface area contributed by atoms with Crippen LogP contribution in [0.4, 0.5) is 0 Å². The van der Waals surface area contributed by atoms with Crippen LogP contribution in [-0.2, 0) is 27.8 Å². The summed E-state index contributed by atoms with van der Waals surface area (Å²) in [7, 11) is -0.0766. The second-order valence-electron chi connectivity index (χ2n) is 6.40. The molecule has 0 aliphatic heterocycles. The van der Waals surface area contributed by atoms with Crippen LogP contribution in [0.3, 0.4) is 0 Å². The maximum absolute atomic E-state index is 11.9. The van der Waals surface area contributed by atoms with Gasteiger partial charge in [0.25, 0.3) is 5.91 Å². The van der Waals surface area contributed by atoms with E-state index in [0.717, 1.165) is 29.6 Å². The van der Waals surface area contributed by atoms with Gasteiger partial charge < -0.3 is 14.8 Å². The molecule has 2 aromatic rings. The zero-order valence-corrected chi connectivity index (χ0v) is 17.2. The standard InChI is InChI=1S/C20H26N2O5S/c1-22(28(3,24)25)14-17-6-10-19(11-7-17)27-15-20(23)21-13-12-16-4-8-18(26-2)9-5-16/h4-11H,12-15H2,1-3H3,(H,21,23). The number of carbonyl (C=O) groups is 1. The Morgan fingerprint density at radius 2 is 1.57 bits per heavy atom. The van der Waals surface area contributed by atoms with E-state index >= 15 is 0 Å². The zero-order valence-electron chi connectivity index (χ0n) is 16.3. The molecule has 0 fully saturated rings. The van der Waals surface area contributed by atoms with Crippen molar-refractivity contribution in [2.75, 3.05) is 33.6 Å². The summed E-state index contributed by atoms with van der Waals surface area (Å²) in [4.78, 5) is 11.9. The average molecular weight is 407 g/mol. The molecule has 0 aliphatic carbocycles. The highest BCUT2D eigenvalue weighted by molar-refractivity contribution is 7.88. The Bertz CT molecular complexity index is 864. The van der Waals surface area contributed by atoms with E-state index in [1.165, 1.54) is 11.4 Å². The molecule has 0 aromatic heterocycles. The number of nitrogens with one attached hydrogen (secondary N) is 1. The predicted octanol–water partition coefficient (Wildman–Crippen LogP) is 1.82. The van der Waals surface area contributed by atoms with Crippen LogP contribution in [0.15, 0.2) is 48.5 Å². The van der Waals surface area contributed by atoms with Crippen molar-refractivity contribution in [1.82, 2.24) is 9.62 Å². The van der Waals surface area contributed by atoms with Crippen LogP contribution in [0.1, 0.15) is 11.1 Å². The Labute approximate surface area is 166 Å². The maximum atomic E-state index is 11.9. The van der Waals surface area contributed by atoms with Crippen molar-refractivity contribution in [1.29, 1.82) is 0 Å². The molecule has 8 heteroatoms. The second kappa shape index (κ2) is 10.1. The van der Waals surface area contributed by atoms with E-state index in [-0.39, 0.29) is 19.1 Å². The number of carbonyl (C=O) groups excluding carboxylic acids is 1. The Hall–Kier alpha value is -2.58. The van der Waals surface area contributed by atoms with Gasteiger partial charge in [-0.05, 0) is 41.8 Å². The maximum Gasteiger partial charge on any atom is 0.257 e. The minimum Gasteiger partial charge on any atom is -0.497 e.